The lowest BCUT2D eigenvalue weighted by atomic mass is 10.1. The third kappa shape index (κ3) is 4.96. The number of hydrogen-bond acceptors (Lipinski definition) is 6. The summed E-state index contributed by atoms with van der Waals surface area (Å²) in [6, 6.07) is 4.38. The van der Waals surface area contributed by atoms with Gasteiger partial charge in [0.05, 0.1) is 5.69 Å². The molecule has 1 aliphatic heterocycles. The molecule has 2 aromatic heterocycles. The molecule has 0 unspecified atom stereocenters. The van der Waals surface area contributed by atoms with Gasteiger partial charge in [-0.15, -0.1) is 5.10 Å². The second-order valence-electron chi connectivity index (χ2n) is 8.50. The van der Waals surface area contributed by atoms with Crippen molar-refractivity contribution in [1.82, 2.24) is 24.5 Å². The van der Waals surface area contributed by atoms with Crippen molar-refractivity contribution in [2.24, 2.45) is 0 Å². The number of piperazine rings is 1. The number of halogens is 4. The van der Waals surface area contributed by atoms with Gasteiger partial charge in [-0.1, -0.05) is 0 Å². The van der Waals surface area contributed by atoms with Crippen molar-refractivity contribution in [1.29, 1.82) is 0 Å². The highest BCUT2D eigenvalue weighted by atomic mass is 19.4. The van der Waals surface area contributed by atoms with E-state index in [4.69, 9.17) is 0 Å². The van der Waals surface area contributed by atoms with E-state index in [9.17, 15) is 27.2 Å². The van der Waals surface area contributed by atoms with Crippen LogP contribution in [-0.2, 0) is 17.4 Å². The summed E-state index contributed by atoms with van der Waals surface area (Å²) >= 11 is 0. The molecule has 0 N–H and O–H groups in total. The Hall–Kier alpha value is -3.57. The van der Waals surface area contributed by atoms with E-state index < -0.39 is 17.8 Å². The highest BCUT2D eigenvalue weighted by molar-refractivity contribution is 5.94. The number of aromatic nitrogens is 4. The number of fused-ring (bicyclic) bond motifs is 1. The second-order valence-corrected chi connectivity index (χ2v) is 8.50. The zero-order valence-corrected chi connectivity index (χ0v) is 19.5. The number of benzene rings is 1. The van der Waals surface area contributed by atoms with Crippen molar-refractivity contribution in [2.45, 2.75) is 39.8 Å². The third-order valence-corrected chi connectivity index (χ3v) is 6.22. The Morgan fingerprint density at radius 1 is 1.06 bits per heavy atom. The Bertz CT molecular complexity index is 1300. The van der Waals surface area contributed by atoms with Crippen LogP contribution in [0.25, 0.3) is 5.78 Å². The van der Waals surface area contributed by atoms with Gasteiger partial charge in [0.15, 0.2) is 5.78 Å². The van der Waals surface area contributed by atoms with Crippen LogP contribution in [0.5, 0.6) is 0 Å². The highest BCUT2D eigenvalue weighted by Crippen LogP contribution is 2.27. The number of nitrogens with zero attached hydrogens (tertiary/aromatic N) is 6. The molecule has 186 valence electrons. The van der Waals surface area contributed by atoms with Gasteiger partial charge in [0.25, 0.3) is 11.6 Å². The normalized spacial score (nSPS) is 14.6. The summed E-state index contributed by atoms with van der Waals surface area (Å²) in [5.74, 6) is -2.19. The number of ketones is 1. The van der Waals surface area contributed by atoms with Gasteiger partial charge in [-0.3, -0.25) is 9.59 Å². The van der Waals surface area contributed by atoms with Gasteiger partial charge < -0.3 is 9.80 Å². The average Bonchev–Trinajstić information content (AvgIpc) is 3.23. The number of rotatable bonds is 5. The molecule has 3 heterocycles. The van der Waals surface area contributed by atoms with Crippen LogP contribution in [-0.4, -0.2) is 62.4 Å². The molecule has 4 rings (SSSR count). The Kier molecular flexibility index (Phi) is 6.48. The van der Waals surface area contributed by atoms with E-state index in [1.165, 1.54) is 13.0 Å². The predicted molar refractivity (Wildman–Crippen MR) is 119 cm³/mol. The molecule has 0 saturated carbocycles. The first-order chi connectivity index (χ1) is 16.5. The van der Waals surface area contributed by atoms with Crippen molar-refractivity contribution in [3.05, 3.63) is 52.4 Å². The summed E-state index contributed by atoms with van der Waals surface area (Å²) < 4.78 is 54.4. The molecular formula is C23H24F4N6O2. The number of hydrogen-bond donors (Lipinski definition) is 0. The summed E-state index contributed by atoms with van der Waals surface area (Å²) in [7, 11) is 0. The molecule has 1 amide bonds. The number of amides is 1. The van der Waals surface area contributed by atoms with Gasteiger partial charge in [-0.05, 0) is 51.0 Å². The van der Waals surface area contributed by atoms with Crippen LogP contribution in [0.15, 0.2) is 18.2 Å². The minimum atomic E-state index is -4.68. The van der Waals surface area contributed by atoms with Crippen molar-refractivity contribution in [3.8, 4) is 0 Å². The number of aryl methyl sites for hydroxylation is 2. The molecule has 1 aromatic carbocycles. The molecule has 3 aromatic rings. The summed E-state index contributed by atoms with van der Waals surface area (Å²) in [5.41, 5.74) is 2.30. The number of anilines is 1. The largest absolute Gasteiger partial charge is 0.453 e. The van der Waals surface area contributed by atoms with Gasteiger partial charge in [0, 0.05) is 49.6 Å². The van der Waals surface area contributed by atoms with E-state index in [1.54, 1.807) is 30.9 Å². The molecule has 0 spiro atoms. The van der Waals surface area contributed by atoms with Gasteiger partial charge in [-0.25, -0.2) is 13.9 Å². The number of Topliss-reactive ketones (excluding diaryl/α,β-unsaturated/α-hetero) is 1. The number of carbonyl (C=O) groups excluding carboxylic acids is 2. The lowest BCUT2D eigenvalue weighted by Gasteiger charge is -2.36. The lowest BCUT2D eigenvalue weighted by molar-refractivity contribution is -0.144. The highest BCUT2D eigenvalue weighted by Gasteiger charge is 2.37. The molecule has 0 radical (unpaired) electrons. The molecule has 0 aliphatic carbocycles. The predicted octanol–water partition coefficient (Wildman–Crippen LogP) is 3.38. The average molecular weight is 492 g/mol. The van der Waals surface area contributed by atoms with E-state index in [2.05, 4.69) is 15.1 Å². The monoisotopic (exact) mass is 492 g/mol. The molecule has 1 saturated heterocycles. The van der Waals surface area contributed by atoms with Crippen LogP contribution in [0.3, 0.4) is 0 Å². The van der Waals surface area contributed by atoms with Crippen LogP contribution in [0.4, 0.5) is 23.2 Å². The van der Waals surface area contributed by atoms with Gasteiger partial charge in [0.1, 0.15) is 5.82 Å². The standard InChI is InChI=1S/C23H24F4N6O2/c1-13-17(14(2)33-22(28-13)29-21(30-33)23(25,26)27)5-7-20(35)32-10-8-31(9-11-32)19-6-4-16(15(3)34)12-18(19)24/h4,6,12H,5,7-11H2,1-3H3. The fourth-order valence-electron chi connectivity index (χ4n) is 4.26. The quantitative estimate of drug-likeness (QED) is 0.401. The smallest absolute Gasteiger partial charge is 0.366 e. The molecule has 12 heteroatoms. The number of carbonyl (C=O) groups is 2. The van der Waals surface area contributed by atoms with Crippen molar-refractivity contribution >= 4 is 23.2 Å². The topological polar surface area (TPSA) is 83.7 Å². The first kappa shape index (κ1) is 24.6. The SMILES string of the molecule is CC(=O)c1ccc(N2CCN(C(=O)CCc3c(C)nc4nc(C(F)(F)F)nn4c3C)CC2)c(F)c1. The van der Waals surface area contributed by atoms with E-state index in [0.29, 0.717) is 60.8 Å². The third-order valence-electron chi connectivity index (χ3n) is 6.22. The van der Waals surface area contributed by atoms with Crippen molar-refractivity contribution < 1.29 is 27.2 Å². The molecule has 35 heavy (non-hydrogen) atoms. The van der Waals surface area contributed by atoms with Crippen LogP contribution >= 0.6 is 0 Å². The van der Waals surface area contributed by atoms with E-state index >= 15 is 0 Å². The Labute approximate surface area is 198 Å². The summed E-state index contributed by atoms with van der Waals surface area (Å²) in [4.78, 5) is 35.4. The maximum atomic E-state index is 14.5. The maximum Gasteiger partial charge on any atom is 0.453 e. The fraction of sp³-hybridized carbons (Fsp3) is 0.435. The first-order valence-electron chi connectivity index (χ1n) is 11.1. The molecular weight excluding hydrogens is 468 g/mol. The molecule has 0 atom stereocenters. The Balaban J connectivity index is 1.40. The minimum Gasteiger partial charge on any atom is -0.366 e. The zero-order valence-electron chi connectivity index (χ0n) is 19.5. The lowest BCUT2D eigenvalue weighted by Crippen LogP contribution is -2.49. The van der Waals surface area contributed by atoms with Crippen LogP contribution in [0.2, 0.25) is 0 Å². The molecule has 8 nitrogen and oxygen atoms in total. The Morgan fingerprint density at radius 3 is 2.34 bits per heavy atom. The number of alkyl halides is 3. The van der Waals surface area contributed by atoms with Crippen LogP contribution in [0, 0.1) is 19.7 Å². The van der Waals surface area contributed by atoms with Crippen LogP contribution in [0.1, 0.15) is 46.5 Å². The minimum absolute atomic E-state index is 0.106. The van der Waals surface area contributed by atoms with Crippen molar-refractivity contribution in [3.63, 3.8) is 0 Å². The zero-order chi connectivity index (χ0) is 25.5. The second kappa shape index (κ2) is 9.23. The van der Waals surface area contributed by atoms with Gasteiger partial charge >= 0.3 is 6.18 Å². The van der Waals surface area contributed by atoms with Crippen LogP contribution < -0.4 is 4.90 Å². The van der Waals surface area contributed by atoms with Gasteiger partial charge in [-0.2, -0.15) is 18.2 Å². The molecule has 0 bridgehead atoms. The van der Waals surface area contributed by atoms with E-state index in [-0.39, 0.29) is 23.9 Å². The van der Waals surface area contributed by atoms with Gasteiger partial charge in [0.2, 0.25) is 5.91 Å². The van der Waals surface area contributed by atoms with Crippen molar-refractivity contribution in [2.75, 3.05) is 31.1 Å². The Morgan fingerprint density at radius 2 is 1.74 bits per heavy atom. The molecule has 1 aliphatic rings. The summed E-state index contributed by atoms with van der Waals surface area (Å²) in [6.07, 6.45) is -4.23. The summed E-state index contributed by atoms with van der Waals surface area (Å²) in [5, 5.41) is 3.53. The van der Waals surface area contributed by atoms with E-state index in [1.807, 2.05) is 4.90 Å². The fourth-order valence-corrected chi connectivity index (χ4v) is 4.26. The maximum absolute atomic E-state index is 14.5. The molecule has 1 fully saturated rings. The summed E-state index contributed by atoms with van der Waals surface area (Å²) in [6.45, 7) is 6.35. The van der Waals surface area contributed by atoms with E-state index in [0.717, 1.165) is 4.52 Å². The first-order valence-corrected chi connectivity index (χ1v) is 11.1.